The first-order valence-electron chi connectivity index (χ1n) is 6.41. The summed E-state index contributed by atoms with van der Waals surface area (Å²) in [5.41, 5.74) is 0. The average Bonchev–Trinajstić information content (AvgIpc) is 2.18. The molecule has 84 valence electrons. The van der Waals surface area contributed by atoms with Crippen molar-refractivity contribution in [2.75, 3.05) is 7.05 Å². The first-order chi connectivity index (χ1) is 6.74. The highest BCUT2D eigenvalue weighted by molar-refractivity contribution is 4.79. The third-order valence-electron chi connectivity index (χ3n) is 3.64. The maximum absolute atomic E-state index is 3.49. The molecule has 1 aliphatic rings. The Labute approximate surface area is 89.7 Å². The topological polar surface area (TPSA) is 12.0 Å². The van der Waals surface area contributed by atoms with E-state index < -0.39 is 0 Å². The largest absolute Gasteiger partial charge is 0.317 e. The first kappa shape index (κ1) is 12.0. The fraction of sp³-hybridized carbons (Fsp3) is 1.00. The molecule has 1 rings (SSSR count). The van der Waals surface area contributed by atoms with Crippen LogP contribution in [0.5, 0.6) is 0 Å². The highest BCUT2D eigenvalue weighted by atomic mass is 14.9. The molecule has 1 saturated carbocycles. The van der Waals surface area contributed by atoms with E-state index in [0.29, 0.717) is 0 Å². The van der Waals surface area contributed by atoms with Crippen molar-refractivity contribution in [1.29, 1.82) is 0 Å². The lowest BCUT2D eigenvalue weighted by Crippen LogP contribution is -2.36. The Hall–Kier alpha value is -0.0400. The van der Waals surface area contributed by atoms with Gasteiger partial charge < -0.3 is 5.32 Å². The van der Waals surface area contributed by atoms with Crippen molar-refractivity contribution in [2.24, 2.45) is 11.8 Å². The van der Waals surface area contributed by atoms with Crippen LogP contribution in [0.3, 0.4) is 0 Å². The first-order valence-corrected chi connectivity index (χ1v) is 6.41. The molecule has 1 N–H and O–H groups in total. The molecule has 0 aliphatic heterocycles. The molecule has 14 heavy (non-hydrogen) atoms. The monoisotopic (exact) mass is 197 g/mol. The molecule has 2 unspecified atom stereocenters. The van der Waals surface area contributed by atoms with E-state index in [1.165, 1.54) is 44.9 Å². The molecule has 0 aromatic rings. The zero-order valence-electron chi connectivity index (χ0n) is 10.2. The van der Waals surface area contributed by atoms with Gasteiger partial charge >= 0.3 is 0 Å². The van der Waals surface area contributed by atoms with Gasteiger partial charge in [0.15, 0.2) is 0 Å². The van der Waals surface area contributed by atoms with E-state index in [2.05, 4.69) is 26.2 Å². The fourth-order valence-corrected chi connectivity index (χ4v) is 2.72. The van der Waals surface area contributed by atoms with Crippen LogP contribution in [-0.2, 0) is 0 Å². The summed E-state index contributed by atoms with van der Waals surface area (Å²) in [4.78, 5) is 0. The third kappa shape index (κ3) is 4.00. The van der Waals surface area contributed by atoms with Crippen LogP contribution in [0.1, 0.15) is 58.8 Å². The molecule has 2 atom stereocenters. The van der Waals surface area contributed by atoms with Gasteiger partial charge in [0.25, 0.3) is 0 Å². The quantitative estimate of drug-likeness (QED) is 0.710. The van der Waals surface area contributed by atoms with Gasteiger partial charge in [-0.2, -0.15) is 0 Å². The Kier molecular flexibility index (Phi) is 5.54. The highest BCUT2D eigenvalue weighted by Crippen LogP contribution is 2.28. The summed E-state index contributed by atoms with van der Waals surface area (Å²) in [5, 5.41) is 3.49. The zero-order chi connectivity index (χ0) is 10.4. The molecular weight excluding hydrogens is 170 g/mol. The van der Waals surface area contributed by atoms with Crippen molar-refractivity contribution >= 4 is 0 Å². The van der Waals surface area contributed by atoms with Crippen molar-refractivity contribution in [2.45, 2.75) is 64.8 Å². The van der Waals surface area contributed by atoms with Crippen LogP contribution in [0.4, 0.5) is 0 Å². The second-order valence-corrected chi connectivity index (χ2v) is 5.26. The Balaban J connectivity index is 2.19. The Bertz CT molecular complexity index is 142. The van der Waals surface area contributed by atoms with E-state index in [1.54, 1.807) is 0 Å². The maximum atomic E-state index is 3.49. The number of rotatable bonds is 5. The third-order valence-corrected chi connectivity index (χ3v) is 3.64. The molecule has 0 radical (unpaired) electrons. The van der Waals surface area contributed by atoms with Gasteiger partial charge in [-0.1, -0.05) is 39.5 Å². The van der Waals surface area contributed by atoms with Crippen LogP contribution in [0.25, 0.3) is 0 Å². The predicted molar refractivity (Wildman–Crippen MR) is 63.5 cm³/mol. The van der Waals surface area contributed by atoms with E-state index in [1.807, 2.05) is 0 Å². The molecule has 0 aromatic carbocycles. The van der Waals surface area contributed by atoms with Crippen LogP contribution >= 0.6 is 0 Å². The van der Waals surface area contributed by atoms with Crippen molar-refractivity contribution < 1.29 is 0 Å². The predicted octanol–water partition coefficient (Wildman–Crippen LogP) is 3.59. The lowest BCUT2D eigenvalue weighted by atomic mass is 9.81. The molecule has 0 spiro atoms. The Morgan fingerprint density at radius 1 is 1.21 bits per heavy atom. The van der Waals surface area contributed by atoms with E-state index in [-0.39, 0.29) is 0 Å². The molecule has 1 aliphatic carbocycles. The van der Waals surface area contributed by atoms with Crippen LogP contribution in [0.2, 0.25) is 0 Å². The summed E-state index contributed by atoms with van der Waals surface area (Å²) in [6.45, 7) is 4.66. The van der Waals surface area contributed by atoms with Gasteiger partial charge in [0.05, 0.1) is 0 Å². The Morgan fingerprint density at radius 3 is 2.57 bits per heavy atom. The Morgan fingerprint density at radius 2 is 1.93 bits per heavy atom. The SMILES string of the molecule is CNC1CCCCC1CCCC(C)C. The van der Waals surface area contributed by atoms with Gasteiger partial charge in [0, 0.05) is 6.04 Å². The number of hydrogen-bond acceptors (Lipinski definition) is 1. The van der Waals surface area contributed by atoms with Gasteiger partial charge in [0.2, 0.25) is 0 Å². The summed E-state index contributed by atoms with van der Waals surface area (Å²) in [5.74, 6) is 1.85. The van der Waals surface area contributed by atoms with E-state index >= 15 is 0 Å². The standard InChI is InChI=1S/C13H27N/c1-11(2)7-6-9-12-8-4-5-10-13(12)14-3/h11-14H,4-10H2,1-3H3. The molecule has 1 fully saturated rings. The summed E-state index contributed by atoms with van der Waals surface area (Å²) >= 11 is 0. The van der Waals surface area contributed by atoms with E-state index in [9.17, 15) is 0 Å². The fourth-order valence-electron chi connectivity index (χ4n) is 2.72. The minimum absolute atomic E-state index is 0.816. The van der Waals surface area contributed by atoms with Gasteiger partial charge in [-0.15, -0.1) is 0 Å². The van der Waals surface area contributed by atoms with Crippen molar-refractivity contribution in [3.8, 4) is 0 Å². The summed E-state index contributed by atoms with van der Waals surface area (Å²) in [7, 11) is 2.13. The van der Waals surface area contributed by atoms with Crippen molar-refractivity contribution in [3.05, 3.63) is 0 Å². The molecule has 0 heterocycles. The van der Waals surface area contributed by atoms with Crippen molar-refractivity contribution in [3.63, 3.8) is 0 Å². The molecule has 1 nitrogen and oxygen atoms in total. The van der Waals surface area contributed by atoms with E-state index in [4.69, 9.17) is 0 Å². The second-order valence-electron chi connectivity index (χ2n) is 5.26. The van der Waals surface area contributed by atoms with Gasteiger partial charge in [-0.25, -0.2) is 0 Å². The average molecular weight is 197 g/mol. The highest BCUT2D eigenvalue weighted by Gasteiger charge is 2.22. The van der Waals surface area contributed by atoms with Crippen LogP contribution in [0.15, 0.2) is 0 Å². The van der Waals surface area contributed by atoms with Crippen LogP contribution in [-0.4, -0.2) is 13.1 Å². The van der Waals surface area contributed by atoms with Gasteiger partial charge in [-0.05, 0) is 38.1 Å². The summed E-state index contributed by atoms with van der Waals surface area (Å²) in [6, 6.07) is 0.816. The minimum atomic E-state index is 0.816. The minimum Gasteiger partial charge on any atom is -0.317 e. The van der Waals surface area contributed by atoms with Crippen LogP contribution < -0.4 is 5.32 Å². The lowest BCUT2D eigenvalue weighted by molar-refractivity contribution is 0.251. The van der Waals surface area contributed by atoms with Gasteiger partial charge in [-0.3, -0.25) is 0 Å². The maximum Gasteiger partial charge on any atom is 0.00923 e. The molecule has 1 heteroatoms. The van der Waals surface area contributed by atoms with Crippen LogP contribution in [0, 0.1) is 11.8 Å². The molecule has 0 bridgehead atoms. The lowest BCUT2D eigenvalue weighted by Gasteiger charge is -2.31. The number of nitrogens with one attached hydrogen (secondary N) is 1. The van der Waals surface area contributed by atoms with E-state index in [0.717, 1.165) is 17.9 Å². The second kappa shape index (κ2) is 6.44. The summed E-state index contributed by atoms with van der Waals surface area (Å²) < 4.78 is 0. The summed E-state index contributed by atoms with van der Waals surface area (Å²) in [6.07, 6.45) is 10.1. The smallest absolute Gasteiger partial charge is 0.00923 e. The molecule has 0 saturated heterocycles. The zero-order valence-corrected chi connectivity index (χ0v) is 10.2. The molecular formula is C13H27N. The normalized spacial score (nSPS) is 28.3. The molecule has 0 amide bonds. The van der Waals surface area contributed by atoms with Gasteiger partial charge in [0.1, 0.15) is 0 Å². The van der Waals surface area contributed by atoms with Crippen molar-refractivity contribution in [1.82, 2.24) is 5.32 Å². The number of hydrogen-bond donors (Lipinski definition) is 1. The molecule has 0 aromatic heterocycles.